The van der Waals surface area contributed by atoms with Crippen LogP contribution in [-0.4, -0.2) is 52.2 Å². The quantitative estimate of drug-likeness (QED) is 0.837. The largest absolute Gasteiger partial charge is 0.480 e. The van der Waals surface area contributed by atoms with E-state index in [9.17, 15) is 19.5 Å². The Kier molecular flexibility index (Phi) is 6.23. The maximum atomic E-state index is 13.0. The molecule has 1 aliphatic heterocycles. The Hall–Kier alpha value is -2.57. The molecule has 0 aliphatic carbocycles. The summed E-state index contributed by atoms with van der Waals surface area (Å²) in [6.45, 7) is 5.59. The highest BCUT2D eigenvalue weighted by atomic mass is 16.6. The highest BCUT2D eigenvalue weighted by Crippen LogP contribution is 2.20. The zero-order valence-electron chi connectivity index (χ0n) is 15.4. The fourth-order valence-corrected chi connectivity index (χ4v) is 2.99. The van der Waals surface area contributed by atoms with Crippen LogP contribution in [0.3, 0.4) is 0 Å². The summed E-state index contributed by atoms with van der Waals surface area (Å²) >= 11 is 0. The van der Waals surface area contributed by atoms with E-state index >= 15 is 0 Å². The van der Waals surface area contributed by atoms with E-state index in [2.05, 4.69) is 5.32 Å². The van der Waals surface area contributed by atoms with Gasteiger partial charge in [0.25, 0.3) is 0 Å². The van der Waals surface area contributed by atoms with Crippen LogP contribution < -0.4 is 5.32 Å². The van der Waals surface area contributed by atoms with E-state index in [4.69, 9.17) is 4.74 Å². The maximum Gasteiger partial charge on any atom is 0.408 e. The molecule has 1 unspecified atom stereocenters. The molecule has 2 rings (SSSR count). The molecule has 1 fully saturated rings. The lowest BCUT2D eigenvalue weighted by Crippen LogP contribution is -2.53. The van der Waals surface area contributed by atoms with Gasteiger partial charge in [-0.2, -0.15) is 0 Å². The van der Waals surface area contributed by atoms with Crippen LogP contribution in [0.15, 0.2) is 30.3 Å². The molecule has 0 radical (unpaired) electrons. The van der Waals surface area contributed by atoms with Crippen molar-refractivity contribution in [2.75, 3.05) is 6.54 Å². The fraction of sp³-hybridized carbons (Fsp3) is 0.526. The molecular weight excluding hydrogens is 336 g/mol. The molecule has 0 spiro atoms. The molecular formula is C19H26N2O5. The van der Waals surface area contributed by atoms with E-state index in [1.165, 1.54) is 4.90 Å². The van der Waals surface area contributed by atoms with Crippen molar-refractivity contribution in [3.63, 3.8) is 0 Å². The number of aliphatic carboxylic acids is 1. The molecule has 1 saturated heterocycles. The number of ether oxygens (including phenoxy) is 1. The van der Waals surface area contributed by atoms with Crippen LogP contribution in [0.25, 0.3) is 0 Å². The maximum absolute atomic E-state index is 13.0. The van der Waals surface area contributed by atoms with Crippen molar-refractivity contribution in [2.24, 2.45) is 0 Å². The number of carbonyl (C=O) groups is 3. The number of carbonyl (C=O) groups excluding carboxylic acids is 2. The van der Waals surface area contributed by atoms with Crippen LogP contribution in [0.2, 0.25) is 0 Å². The van der Waals surface area contributed by atoms with Crippen molar-refractivity contribution >= 4 is 18.0 Å². The first-order valence-electron chi connectivity index (χ1n) is 8.74. The highest BCUT2D eigenvalue weighted by molar-refractivity contribution is 5.90. The van der Waals surface area contributed by atoms with Gasteiger partial charge in [-0.05, 0) is 39.2 Å². The van der Waals surface area contributed by atoms with Gasteiger partial charge in [-0.1, -0.05) is 30.3 Å². The second-order valence-electron chi connectivity index (χ2n) is 7.42. The molecule has 7 heteroatoms. The molecule has 1 heterocycles. The van der Waals surface area contributed by atoms with Gasteiger partial charge < -0.3 is 20.1 Å². The third-order valence-corrected chi connectivity index (χ3v) is 4.09. The van der Waals surface area contributed by atoms with E-state index in [1.807, 2.05) is 30.3 Å². The average molecular weight is 362 g/mol. The molecule has 0 aromatic heterocycles. The normalized spacial score (nSPS) is 18.3. The summed E-state index contributed by atoms with van der Waals surface area (Å²) in [4.78, 5) is 37.9. The molecule has 0 saturated carbocycles. The smallest absolute Gasteiger partial charge is 0.408 e. The van der Waals surface area contributed by atoms with Crippen LogP contribution in [0, 0.1) is 0 Å². The van der Waals surface area contributed by atoms with Crippen LogP contribution in [0.4, 0.5) is 4.79 Å². The molecule has 1 aromatic carbocycles. The van der Waals surface area contributed by atoms with Crippen molar-refractivity contribution in [3.8, 4) is 0 Å². The number of hydrogen-bond acceptors (Lipinski definition) is 4. The number of nitrogens with one attached hydrogen (secondary N) is 1. The Morgan fingerprint density at radius 2 is 1.92 bits per heavy atom. The van der Waals surface area contributed by atoms with Crippen molar-refractivity contribution in [1.29, 1.82) is 0 Å². The number of rotatable bonds is 5. The number of amides is 2. The Labute approximate surface area is 153 Å². The van der Waals surface area contributed by atoms with Gasteiger partial charge in [-0.25, -0.2) is 9.59 Å². The summed E-state index contributed by atoms with van der Waals surface area (Å²) in [5.74, 6) is -1.42. The van der Waals surface area contributed by atoms with E-state index < -0.39 is 35.7 Å². The van der Waals surface area contributed by atoms with Crippen molar-refractivity contribution in [1.82, 2.24) is 10.2 Å². The van der Waals surface area contributed by atoms with Crippen LogP contribution in [0.5, 0.6) is 0 Å². The minimum Gasteiger partial charge on any atom is -0.480 e. The summed E-state index contributed by atoms with van der Waals surface area (Å²) in [7, 11) is 0. The van der Waals surface area contributed by atoms with E-state index in [-0.39, 0.29) is 6.42 Å². The van der Waals surface area contributed by atoms with Gasteiger partial charge in [0.15, 0.2) is 0 Å². The molecule has 2 amide bonds. The van der Waals surface area contributed by atoms with Crippen LogP contribution in [-0.2, 0) is 20.7 Å². The van der Waals surface area contributed by atoms with Gasteiger partial charge in [-0.3, -0.25) is 4.79 Å². The average Bonchev–Trinajstić information content (AvgIpc) is 3.02. The summed E-state index contributed by atoms with van der Waals surface area (Å²) in [5.41, 5.74) is 0.176. The summed E-state index contributed by atoms with van der Waals surface area (Å²) < 4.78 is 5.26. The monoisotopic (exact) mass is 362 g/mol. The molecule has 0 bridgehead atoms. The summed E-state index contributed by atoms with van der Waals surface area (Å²) in [5, 5.41) is 11.9. The highest BCUT2D eigenvalue weighted by Gasteiger charge is 2.38. The van der Waals surface area contributed by atoms with Gasteiger partial charge in [0.2, 0.25) is 5.91 Å². The Morgan fingerprint density at radius 3 is 2.50 bits per heavy atom. The van der Waals surface area contributed by atoms with Gasteiger partial charge in [0, 0.05) is 13.0 Å². The lowest BCUT2D eigenvalue weighted by atomic mass is 10.0. The first kappa shape index (κ1) is 19.8. The Bertz CT molecular complexity index is 654. The lowest BCUT2D eigenvalue weighted by Gasteiger charge is -2.28. The Morgan fingerprint density at radius 1 is 1.27 bits per heavy atom. The minimum absolute atomic E-state index is 0.266. The molecule has 1 aromatic rings. The molecule has 26 heavy (non-hydrogen) atoms. The van der Waals surface area contributed by atoms with Crippen LogP contribution >= 0.6 is 0 Å². The number of benzene rings is 1. The molecule has 2 N–H and O–H groups in total. The first-order valence-corrected chi connectivity index (χ1v) is 8.74. The van der Waals surface area contributed by atoms with Crippen molar-refractivity contribution < 1.29 is 24.2 Å². The van der Waals surface area contributed by atoms with Crippen LogP contribution in [0.1, 0.15) is 39.2 Å². The number of hydrogen-bond donors (Lipinski definition) is 2. The third-order valence-electron chi connectivity index (χ3n) is 4.09. The number of alkyl carbamates (subject to hydrolysis) is 1. The van der Waals surface area contributed by atoms with Crippen molar-refractivity contribution in [2.45, 2.75) is 57.7 Å². The second-order valence-corrected chi connectivity index (χ2v) is 7.42. The number of likely N-dealkylation sites (tertiary alicyclic amines) is 1. The second kappa shape index (κ2) is 8.21. The zero-order chi connectivity index (χ0) is 19.3. The topological polar surface area (TPSA) is 95.9 Å². The summed E-state index contributed by atoms with van der Waals surface area (Å²) in [6, 6.07) is 7.54. The van der Waals surface area contributed by atoms with Crippen molar-refractivity contribution in [3.05, 3.63) is 35.9 Å². The predicted molar refractivity (Wildman–Crippen MR) is 95.7 cm³/mol. The Balaban J connectivity index is 2.17. The van der Waals surface area contributed by atoms with E-state index in [1.54, 1.807) is 20.8 Å². The fourth-order valence-electron chi connectivity index (χ4n) is 2.99. The van der Waals surface area contributed by atoms with E-state index in [0.717, 1.165) is 5.56 Å². The molecule has 7 nitrogen and oxygen atoms in total. The van der Waals surface area contributed by atoms with Gasteiger partial charge >= 0.3 is 12.1 Å². The number of nitrogens with zero attached hydrogens (tertiary/aromatic N) is 1. The first-order chi connectivity index (χ1) is 12.2. The number of carboxylic acids is 1. The predicted octanol–water partition coefficient (Wildman–Crippen LogP) is 2.20. The molecule has 2 atom stereocenters. The molecule has 142 valence electrons. The SMILES string of the molecule is CC(C)(C)OC(=O)N[C@H](Cc1ccccc1)C(=O)N1CCCC1C(=O)O. The minimum atomic E-state index is -1.02. The summed E-state index contributed by atoms with van der Waals surface area (Å²) in [6.07, 6.45) is 0.624. The lowest BCUT2D eigenvalue weighted by molar-refractivity contribution is -0.149. The number of carboxylic acid groups (broad SMARTS) is 1. The zero-order valence-corrected chi connectivity index (χ0v) is 15.4. The van der Waals surface area contributed by atoms with Gasteiger partial charge in [0.05, 0.1) is 0 Å². The van der Waals surface area contributed by atoms with Gasteiger partial charge in [-0.15, -0.1) is 0 Å². The van der Waals surface area contributed by atoms with E-state index in [0.29, 0.717) is 19.4 Å². The third kappa shape index (κ3) is 5.47. The van der Waals surface area contributed by atoms with Gasteiger partial charge in [0.1, 0.15) is 17.7 Å². The standard InChI is InChI=1S/C19H26N2O5/c1-19(2,3)26-18(25)20-14(12-13-8-5-4-6-9-13)16(22)21-11-7-10-15(21)17(23)24/h4-6,8-9,14-15H,7,10-12H2,1-3H3,(H,20,25)(H,23,24)/t14-,15?/m1/s1. The molecule has 1 aliphatic rings.